The Balaban J connectivity index is 1.53. The first-order chi connectivity index (χ1) is 16.4. The Morgan fingerprint density at radius 3 is 2.09 bits per heavy atom. The van der Waals surface area contributed by atoms with Gasteiger partial charge in [0.2, 0.25) is 0 Å². The van der Waals surface area contributed by atoms with E-state index < -0.39 is 0 Å². The zero-order valence-corrected chi connectivity index (χ0v) is 17.8. The van der Waals surface area contributed by atoms with E-state index in [-0.39, 0.29) is 0 Å². The molecule has 2 heteroatoms. The molecule has 2 heterocycles. The van der Waals surface area contributed by atoms with Crippen molar-refractivity contribution in [3.8, 4) is 27.9 Å². The normalized spacial score (nSPS) is 12.2. The molecule has 0 N–H and O–H groups in total. The van der Waals surface area contributed by atoms with E-state index in [0.717, 1.165) is 0 Å². The van der Waals surface area contributed by atoms with Gasteiger partial charge in [0.25, 0.3) is 0 Å². The highest BCUT2D eigenvalue weighted by Crippen LogP contribution is 2.50. The molecule has 0 spiro atoms. The van der Waals surface area contributed by atoms with Gasteiger partial charge in [-0.25, -0.2) is 0 Å². The number of benzene rings is 5. The van der Waals surface area contributed by atoms with Crippen LogP contribution >= 0.6 is 0 Å². The van der Waals surface area contributed by atoms with Crippen LogP contribution in [-0.2, 0) is 0 Å². The third kappa shape index (κ3) is 2.10. The molecule has 0 radical (unpaired) electrons. The molecule has 7 aromatic rings. The molecule has 2 aromatic heterocycles. The van der Waals surface area contributed by atoms with Crippen molar-refractivity contribution >= 4 is 43.4 Å². The minimum absolute atomic E-state index is 1.19. The largest absolute Gasteiger partial charge is 0.309 e. The molecule has 0 amide bonds. The second-order valence-electron chi connectivity index (χ2n) is 8.81. The van der Waals surface area contributed by atoms with Crippen molar-refractivity contribution in [2.24, 2.45) is 0 Å². The van der Waals surface area contributed by atoms with E-state index in [0.29, 0.717) is 0 Å². The van der Waals surface area contributed by atoms with E-state index in [9.17, 15) is 0 Å². The molecule has 0 atom stereocenters. The Morgan fingerprint density at radius 1 is 0.485 bits per heavy atom. The molecule has 0 aliphatic heterocycles. The van der Waals surface area contributed by atoms with Gasteiger partial charge in [-0.2, -0.15) is 0 Å². The standard InChI is InChI=1S/C31H18N2/c1-5-20-13-14-28-31-29(20)24(9-1)25-10-4-12-27(30(25)31)33(28)26-11-3-7-22-21(6-2-8-23(22)26)19-15-17-32-18-16-19/h1-18H. The van der Waals surface area contributed by atoms with Crippen LogP contribution in [0.3, 0.4) is 0 Å². The summed E-state index contributed by atoms with van der Waals surface area (Å²) in [5.74, 6) is 0. The molecule has 5 aromatic carbocycles. The molecule has 0 fully saturated rings. The minimum atomic E-state index is 1.19. The van der Waals surface area contributed by atoms with Gasteiger partial charge in [-0.1, -0.05) is 66.7 Å². The van der Waals surface area contributed by atoms with Crippen molar-refractivity contribution < 1.29 is 0 Å². The lowest BCUT2D eigenvalue weighted by atomic mass is 9.98. The van der Waals surface area contributed by atoms with E-state index in [1.54, 1.807) is 0 Å². The number of hydrogen-bond donors (Lipinski definition) is 0. The maximum atomic E-state index is 4.20. The van der Waals surface area contributed by atoms with E-state index in [4.69, 9.17) is 0 Å². The summed E-state index contributed by atoms with van der Waals surface area (Å²) in [5.41, 5.74) is 8.90. The number of pyridine rings is 1. The molecule has 8 rings (SSSR count). The zero-order chi connectivity index (χ0) is 21.5. The molecule has 1 aliphatic carbocycles. The molecule has 0 bridgehead atoms. The van der Waals surface area contributed by atoms with E-state index in [1.807, 2.05) is 12.4 Å². The van der Waals surface area contributed by atoms with Crippen LogP contribution in [0.2, 0.25) is 0 Å². The van der Waals surface area contributed by atoms with Crippen molar-refractivity contribution in [3.63, 3.8) is 0 Å². The number of hydrogen-bond acceptors (Lipinski definition) is 1. The first kappa shape index (κ1) is 17.2. The molecule has 0 unspecified atom stereocenters. The van der Waals surface area contributed by atoms with Crippen LogP contribution in [-0.4, -0.2) is 9.55 Å². The van der Waals surface area contributed by atoms with Crippen LogP contribution in [0.5, 0.6) is 0 Å². The third-order valence-corrected chi connectivity index (χ3v) is 7.22. The highest BCUT2D eigenvalue weighted by molar-refractivity contribution is 6.33. The Hall–Kier alpha value is -4.43. The Bertz CT molecular complexity index is 1910. The molecular weight excluding hydrogens is 400 g/mol. The Kier molecular flexibility index (Phi) is 3.16. The number of fused-ring (bicyclic) bond motifs is 2. The molecule has 2 nitrogen and oxygen atoms in total. The van der Waals surface area contributed by atoms with Crippen molar-refractivity contribution in [2.45, 2.75) is 0 Å². The van der Waals surface area contributed by atoms with Crippen molar-refractivity contribution in [2.75, 3.05) is 0 Å². The lowest BCUT2D eigenvalue weighted by Crippen LogP contribution is -1.96. The van der Waals surface area contributed by atoms with Crippen LogP contribution < -0.4 is 0 Å². The fourth-order valence-corrected chi connectivity index (χ4v) is 5.91. The van der Waals surface area contributed by atoms with Gasteiger partial charge in [-0.3, -0.25) is 4.98 Å². The average molecular weight is 418 g/mol. The minimum Gasteiger partial charge on any atom is -0.309 e. The van der Waals surface area contributed by atoms with Crippen LogP contribution in [0.15, 0.2) is 109 Å². The zero-order valence-electron chi connectivity index (χ0n) is 17.8. The molecule has 152 valence electrons. The fourth-order valence-electron chi connectivity index (χ4n) is 5.91. The van der Waals surface area contributed by atoms with Gasteiger partial charge in [0.05, 0.1) is 16.7 Å². The smallest absolute Gasteiger partial charge is 0.0548 e. The van der Waals surface area contributed by atoms with E-state index >= 15 is 0 Å². The first-order valence-electron chi connectivity index (χ1n) is 11.3. The molecule has 1 aliphatic rings. The van der Waals surface area contributed by atoms with Gasteiger partial charge in [0, 0.05) is 28.6 Å². The predicted octanol–water partition coefficient (Wildman–Crippen LogP) is 8.13. The molecular formula is C31H18N2. The fraction of sp³-hybridized carbons (Fsp3) is 0. The van der Waals surface area contributed by atoms with Crippen molar-refractivity contribution in [1.82, 2.24) is 9.55 Å². The van der Waals surface area contributed by atoms with Crippen LogP contribution in [0.25, 0.3) is 71.3 Å². The summed E-state index contributed by atoms with van der Waals surface area (Å²) in [4.78, 5) is 4.20. The second-order valence-corrected chi connectivity index (χ2v) is 8.81. The van der Waals surface area contributed by atoms with Crippen molar-refractivity contribution in [3.05, 3.63) is 109 Å². The maximum Gasteiger partial charge on any atom is 0.0548 e. The Labute approximate surface area is 190 Å². The predicted molar refractivity (Wildman–Crippen MR) is 138 cm³/mol. The van der Waals surface area contributed by atoms with E-state index in [2.05, 4.69) is 107 Å². The number of nitrogens with zero attached hydrogens (tertiary/aromatic N) is 2. The molecule has 0 saturated heterocycles. The summed E-state index contributed by atoms with van der Waals surface area (Å²) in [6.07, 6.45) is 3.72. The third-order valence-electron chi connectivity index (χ3n) is 7.22. The van der Waals surface area contributed by atoms with Crippen LogP contribution in [0.4, 0.5) is 0 Å². The SMILES string of the molecule is c1cc2c3c(c1)ccc1c3c3c-2cccc3n1-c1cccc2c(-c3ccncc3)cccc12. The van der Waals surface area contributed by atoms with Crippen LogP contribution in [0, 0.1) is 0 Å². The van der Waals surface area contributed by atoms with E-state index in [1.165, 1.54) is 71.3 Å². The highest BCUT2D eigenvalue weighted by Gasteiger charge is 2.25. The summed E-state index contributed by atoms with van der Waals surface area (Å²) in [7, 11) is 0. The molecule has 0 saturated carbocycles. The van der Waals surface area contributed by atoms with Gasteiger partial charge >= 0.3 is 0 Å². The van der Waals surface area contributed by atoms with Gasteiger partial charge in [0.1, 0.15) is 0 Å². The number of aromatic nitrogens is 2. The van der Waals surface area contributed by atoms with Crippen LogP contribution in [0.1, 0.15) is 0 Å². The molecule has 33 heavy (non-hydrogen) atoms. The van der Waals surface area contributed by atoms with Gasteiger partial charge < -0.3 is 4.57 Å². The van der Waals surface area contributed by atoms with Gasteiger partial charge in [0.15, 0.2) is 0 Å². The Morgan fingerprint density at radius 2 is 1.18 bits per heavy atom. The lowest BCUT2D eigenvalue weighted by molar-refractivity contribution is 1.20. The quantitative estimate of drug-likeness (QED) is 0.277. The topological polar surface area (TPSA) is 17.8 Å². The highest BCUT2D eigenvalue weighted by atomic mass is 15.0. The number of rotatable bonds is 2. The summed E-state index contributed by atoms with van der Waals surface area (Å²) >= 11 is 0. The average Bonchev–Trinajstić information content (AvgIpc) is 3.41. The maximum absolute atomic E-state index is 4.20. The first-order valence-corrected chi connectivity index (χ1v) is 11.3. The second kappa shape index (κ2) is 6.08. The summed E-state index contributed by atoms with van der Waals surface area (Å²) in [5, 5.41) is 7.97. The monoisotopic (exact) mass is 418 g/mol. The summed E-state index contributed by atoms with van der Waals surface area (Å²) in [6.45, 7) is 0. The lowest BCUT2D eigenvalue weighted by Gasteiger charge is -2.15. The summed E-state index contributed by atoms with van der Waals surface area (Å²) < 4.78 is 2.46. The van der Waals surface area contributed by atoms with Gasteiger partial charge in [-0.05, 0) is 68.7 Å². The van der Waals surface area contributed by atoms with Crippen molar-refractivity contribution in [1.29, 1.82) is 0 Å². The van der Waals surface area contributed by atoms with Gasteiger partial charge in [-0.15, -0.1) is 0 Å². The summed E-state index contributed by atoms with van der Waals surface area (Å²) in [6, 6.07) is 35.4.